The number of thiol groups is 1. The van der Waals surface area contributed by atoms with Crippen LogP contribution in [0, 0.1) is 6.92 Å². The van der Waals surface area contributed by atoms with Crippen LogP contribution in [-0.2, 0) is 0 Å². The molecule has 0 fully saturated rings. The van der Waals surface area contributed by atoms with Crippen molar-refractivity contribution in [1.82, 2.24) is 0 Å². The molecule has 0 aliphatic carbocycles. The van der Waals surface area contributed by atoms with Crippen LogP contribution < -0.4 is 0 Å². The van der Waals surface area contributed by atoms with Crippen molar-refractivity contribution < 1.29 is 0 Å². The Hall–Kier alpha value is -0.180. The highest BCUT2D eigenvalue weighted by atomic mass is 35.5. The summed E-state index contributed by atoms with van der Waals surface area (Å²) in [5.74, 6) is 0. The molecule has 2 aromatic rings. The third-order valence-corrected chi connectivity index (χ3v) is 3.46. The summed E-state index contributed by atoms with van der Waals surface area (Å²) in [5, 5.41) is 1.99. The van der Waals surface area contributed by atoms with E-state index in [2.05, 4.69) is 19.6 Å². The van der Waals surface area contributed by atoms with Crippen LogP contribution in [0.4, 0.5) is 0 Å². The predicted molar refractivity (Wildman–Crippen MR) is 58.8 cm³/mol. The Morgan fingerprint density at radius 3 is 2.83 bits per heavy atom. The number of thiophene rings is 1. The monoisotopic (exact) mass is 214 g/mol. The molecule has 0 saturated carbocycles. The third kappa shape index (κ3) is 1.35. The second-order valence-corrected chi connectivity index (χ2v) is 5.00. The zero-order chi connectivity index (χ0) is 8.72. The third-order valence-electron chi connectivity index (χ3n) is 1.75. The number of benzene rings is 1. The topological polar surface area (TPSA) is 0 Å². The normalized spacial score (nSPS) is 10.9. The van der Waals surface area contributed by atoms with E-state index in [9.17, 15) is 0 Å². The van der Waals surface area contributed by atoms with Crippen LogP contribution in [0.2, 0.25) is 5.02 Å². The summed E-state index contributed by atoms with van der Waals surface area (Å²) in [4.78, 5) is 0. The van der Waals surface area contributed by atoms with Gasteiger partial charge in [0.05, 0.1) is 4.21 Å². The van der Waals surface area contributed by atoms with E-state index in [1.54, 1.807) is 11.3 Å². The van der Waals surface area contributed by atoms with Crippen LogP contribution in [0.3, 0.4) is 0 Å². The lowest BCUT2D eigenvalue weighted by molar-refractivity contribution is 1.56. The fourth-order valence-corrected chi connectivity index (χ4v) is 2.81. The van der Waals surface area contributed by atoms with E-state index in [0.717, 1.165) is 9.23 Å². The number of rotatable bonds is 0. The summed E-state index contributed by atoms with van der Waals surface area (Å²) in [6.45, 7) is 2.07. The molecule has 2 rings (SSSR count). The molecule has 1 heterocycles. The first-order valence-corrected chi connectivity index (χ1v) is 5.19. The molecular weight excluding hydrogens is 208 g/mol. The number of halogens is 1. The van der Waals surface area contributed by atoms with Crippen LogP contribution >= 0.6 is 35.6 Å². The Balaban J connectivity index is 2.88. The Kier molecular flexibility index (Phi) is 2.07. The summed E-state index contributed by atoms with van der Waals surface area (Å²) >= 11 is 11.9. The zero-order valence-corrected chi connectivity index (χ0v) is 8.93. The van der Waals surface area contributed by atoms with Gasteiger partial charge in [0.1, 0.15) is 0 Å². The zero-order valence-electron chi connectivity index (χ0n) is 6.47. The minimum atomic E-state index is 0.797. The highest BCUT2D eigenvalue weighted by molar-refractivity contribution is 7.83. The SMILES string of the molecule is Cc1cc(Cl)cc2cc(S)sc12. The van der Waals surface area contributed by atoms with Gasteiger partial charge >= 0.3 is 0 Å². The van der Waals surface area contributed by atoms with Gasteiger partial charge in [0.25, 0.3) is 0 Å². The Morgan fingerprint density at radius 2 is 2.08 bits per heavy atom. The van der Waals surface area contributed by atoms with Gasteiger partial charge in [-0.15, -0.1) is 24.0 Å². The van der Waals surface area contributed by atoms with Crippen molar-refractivity contribution in [2.24, 2.45) is 0 Å². The minimum absolute atomic E-state index is 0.797. The maximum Gasteiger partial charge on any atom is 0.0580 e. The molecule has 1 aromatic carbocycles. The molecule has 0 spiro atoms. The van der Waals surface area contributed by atoms with Crippen molar-refractivity contribution in [2.75, 3.05) is 0 Å². The largest absolute Gasteiger partial charge is 0.133 e. The van der Waals surface area contributed by atoms with E-state index in [-0.39, 0.29) is 0 Å². The smallest absolute Gasteiger partial charge is 0.0580 e. The Labute approximate surface area is 85.6 Å². The number of hydrogen-bond donors (Lipinski definition) is 1. The summed E-state index contributed by atoms with van der Waals surface area (Å²) in [6.07, 6.45) is 0. The molecule has 1 aromatic heterocycles. The van der Waals surface area contributed by atoms with Crippen LogP contribution in [-0.4, -0.2) is 0 Å². The first-order chi connectivity index (χ1) is 5.66. The van der Waals surface area contributed by atoms with Crippen LogP contribution in [0.15, 0.2) is 22.4 Å². The first kappa shape index (κ1) is 8.42. The second-order valence-electron chi connectivity index (χ2n) is 2.73. The van der Waals surface area contributed by atoms with Gasteiger partial charge in [-0.25, -0.2) is 0 Å². The quantitative estimate of drug-likeness (QED) is 0.626. The van der Waals surface area contributed by atoms with E-state index >= 15 is 0 Å². The molecular formula is C9H7ClS2. The lowest BCUT2D eigenvalue weighted by atomic mass is 10.2. The van der Waals surface area contributed by atoms with E-state index in [1.165, 1.54) is 15.6 Å². The standard InChI is InChI=1S/C9H7ClS2/c1-5-2-7(10)3-6-4-8(11)12-9(5)6/h2-4,11H,1H3. The fourth-order valence-electron chi connectivity index (χ4n) is 1.27. The van der Waals surface area contributed by atoms with E-state index in [1.807, 2.05) is 18.2 Å². The van der Waals surface area contributed by atoms with E-state index < -0.39 is 0 Å². The molecule has 0 aliphatic heterocycles. The lowest BCUT2D eigenvalue weighted by Crippen LogP contribution is -1.71. The van der Waals surface area contributed by atoms with Crippen molar-refractivity contribution in [3.8, 4) is 0 Å². The Morgan fingerprint density at radius 1 is 1.33 bits per heavy atom. The van der Waals surface area contributed by atoms with Crippen LogP contribution in [0.5, 0.6) is 0 Å². The van der Waals surface area contributed by atoms with Gasteiger partial charge in [0.15, 0.2) is 0 Å². The summed E-state index contributed by atoms with van der Waals surface area (Å²) in [5.41, 5.74) is 1.22. The van der Waals surface area contributed by atoms with Crippen molar-refractivity contribution in [2.45, 2.75) is 11.1 Å². The van der Waals surface area contributed by atoms with Crippen molar-refractivity contribution in [3.05, 3.63) is 28.8 Å². The van der Waals surface area contributed by atoms with Crippen molar-refractivity contribution in [1.29, 1.82) is 0 Å². The molecule has 0 bridgehead atoms. The van der Waals surface area contributed by atoms with Crippen molar-refractivity contribution >= 4 is 45.7 Å². The molecule has 0 N–H and O–H groups in total. The van der Waals surface area contributed by atoms with Gasteiger partial charge in [0, 0.05) is 9.72 Å². The average Bonchev–Trinajstić information content (AvgIpc) is 2.29. The minimum Gasteiger partial charge on any atom is -0.133 e. The summed E-state index contributed by atoms with van der Waals surface area (Å²) < 4.78 is 2.32. The van der Waals surface area contributed by atoms with Crippen LogP contribution in [0.25, 0.3) is 10.1 Å². The highest BCUT2D eigenvalue weighted by Gasteiger charge is 2.02. The summed E-state index contributed by atoms with van der Waals surface area (Å²) in [7, 11) is 0. The van der Waals surface area contributed by atoms with Gasteiger partial charge in [-0.3, -0.25) is 0 Å². The molecule has 12 heavy (non-hydrogen) atoms. The lowest BCUT2D eigenvalue weighted by Gasteiger charge is -1.95. The fraction of sp³-hybridized carbons (Fsp3) is 0.111. The molecule has 0 amide bonds. The van der Waals surface area contributed by atoms with Gasteiger partial charge in [-0.1, -0.05) is 11.6 Å². The maximum atomic E-state index is 5.91. The predicted octanol–water partition coefficient (Wildman–Crippen LogP) is 4.15. The molecule has 0 nitrogen and oxygen atoms in total. The Bertz CT molecular complexity index is 431. The molecule has 62 valence electrons. The van der Waals surface area contributed by atoms with E-state index in [4.69, 9.17) is 11.6 Å². The number of fused-ring (bicyclic) bond motifs is 1. The molecule has 0 atom stereocenters. The highest BCUT2D eigenvalue weighted by Crippen LogP contribution is 2.32. The molecule has 0 radical (unpaired) electrons. The van der Waals surface area contributed by atoms with Crippen LogP contribution in [0.1, 0.15) is 5.56 Å². The molecule has 0 unspecified atom stereocenters. The van der Waals surface area contributed by atoms with E-state index in [0.29, 0.717) is 0 Å². The second kappa shape index (κ2) is 2.95. The summed E-state index contributed by atoms with van der Waals surface area (Å²) in [6, 6.07) is 6.00. The molecule has 3 heteroatoms. The number of aryl methyl sites for hydroxylation is 1. The molecule has 0 aliphatic rings. The van der Waals surface area contributed by atoms with Gasteiger partial charge in [-0.05, 0) is 36.1 Å². The van der Waals surface area contributed by atoms with Gasteiger partial charge in [-0.2, -0.15) is 0 Å². The van der Waals surface area contributed by atoms with Crippen molar-refractivity contribution in [3.63, 3.8) is 0 Å². The first-order valence-electron chi connectivity index (χ1n) is 3.55. The number of hydrogen-bond acceptors (Lipinski definition) is 2. The van der Waals surface area contributed by atoms with Gasteiger partial charge < -0.3 is 0 Å². The maximum absolute atomic E-state index is 5.91. The van der Waals surface area contributed by atoms with Gasteiger partial charge in [0.2, 0.25) is 0 Å². The molecule has 0 saturated heterocycles. The average molecular weight is 215 g/mol.